The molecule has 0 spiro atoms. The van der Waals surface area contributed by atoms with Gasteiger partial charge in [0.2, 0.25) is 0 Å². The van der Waals surface area contributed by atoms with Gasteiger partial charge in [0.15, 0.2) is 0 Å². The first-order chi connectivity index (χ1) is 16.6. The average molecular weight is 467 g/mol. The first-order valence-electron chi connectivity index (χ1n) is 11.5. The molecule has 0 amide bonds. The van der Waals surface area contributed by atoms with Gasteiger partial charge in [-0.1, -0.05) is 44.2 Å². The molecule has 1 aromatic heterocycles. The van der Waals surface area contributed by atoms with E-state index in [0.29, 0.717) is 13.2 Å². The Bertz CT molecular complexity index is 1120. The molecule has 6 heteroatoms. The van der Waals surface area contributed by atoms with Crippen molar-refractivity contribution in [3.05, 3.63) is 72.3 Å². The lowest BCUT2D eigenvalue weighted by atomic mass is 10.1. The number of benzene rings is 3. The Labute approximate surface area is 201 Å². The van der Waals surface area contributed by atoms with Crippen molar-refractivity contribution in [1.29, 1.82) is 0 Å². The first-order valence-corrected chi connectivity index (χ1v) is 11.5. The summed E-state index contributed by atoms with van der Waals surface area (Å²) in [6.07, 6.45) is 1.94. The zero-order chi connectivity index (χ0) is 24.8. The minimum atomic E-state index is -0.250. The number of hydrogen-bond acceptors (Lipinski definition) is 5. The van der Waals surface area contributed by atoms with Crippen molar-refractivity contribution >= 4 is 28.4 Å². The van der Waals surface area contributed by atoms with E-state index >= 15 is 0 Å². The van der Waals surface area contributed by atoms with Crippen LogP contribution in [0.5, 0.6) is 11.5 Å². The summed E-state index contributed by atoms with van der Waals surface area (Å²) in [6.45, 7) is 7.03. The molecule has 0 aliphatic rings. The van der Waals surface area contributed by atoms with Crippen LogP contribution in [0.2, 0.25) is 0 Å². The monoisotopic (exact) mass is 466 g/mol. The second-order valence-electron chi connectivity index (χ2n) is 7.31. The van der Waals surface area contributed by atoms with E-state index in [2.05, 4.69) is 25.1 Å². The summed E-state index contributed by atoms with van der Waals surface area (Å²) in [4.78, 5) is 8.36. The number of carbonyl (C=O) groups is 1. The van der Waals surface area contributed by atoms with Gasteiger partial charge in [0.1, 0.15) is 22.7 Å². The van der Waals surface area contributed by atoms with E-state index in [-0.39, 0.29) is 12.6 Å². The minimum absolute atomic E-state index is 0.221. The van der Waals surface area contributed by atoms with E-state index in [4.69, 9.17) is 28.5 Å². The molecular formula is C28H34O6. The second-order valence-corrected chi connectivity index (χ2v) is 7.31. The molecule has 0 fully saturated rings. The lowest BCUT2D eigenvalue weighted by molar-refractivity contribution is -0.122. The summed E-state index contributed by atoms with van der Waals surface area (Å²) < 4.78 is 22.9. The predicted molar refractivity (Wildman–Crippen MR) is 136 cm³/mol. The Morgan fingerprint density at radius 1 is 0.882 bits per heavy atom. The van der Waals surface area contributed by atoms with Crippen LogP contribution in [0.15, 0.2) is 71.1 Å². The molecule has 1 N–H and O–H groups in total. The Hall–Kier alpha value is -3.51. The molecule has 0 aliphatic heterocycles. The molecule has 0 saturated heterocycles. The lowest BCUT2D eigenvalue weighted by Gasteiger charge is -2.11. The summed E-state index contributed by atoms with van der Waals surface area (Å²) in [5, 5.41) is 9.08. The maximum Gasteiger partial charge on any atom is 0.290 e. The highest BCUT2D eigenvalue weighted by Crippen LogP contribution is 2.31. The summed E-state index contributed by atoms with van der Waals surface area (Å²) in [5.41, 5.74) is 3.03. The van der Waals surface area contributed by atoms with Gasteiger partial charge in [-0.2, -0.15) is 0 Å². The van der Waals surface area contributed by atoms with Gasteiger partial charge >= 0.3 is 0 Å². The molecule has 0 saturated carbocycles. The highest BCUT2D eigenvalue weighted by Gasteiger charge is 2.07. The fourth-order valence-corrected chi connectivity index (χ4v) is 3.37. The molecule has 6 nitrogen and oxygen atoms in total. The number of para-hydroxylation sites is 1. The van der Waals surface area contributed by atoms with Crippen molar-refractivity contribution in [3.8, 4) is 11.5 Å². The van der Waals surface area contributed by atoms with Gasteiger partial charge in [-0.3, -0.25) is 4.79 Å². The molecule has 1 heterocycles. The van der Waals surface area contributed by atoms with Gasteiger partial charge in [0, 0.05) is 24.3 Å². The van der Waals surface area contributed by atoms with E-state index in [0.717, 1.165) is 46.3 Å². The van der Waals surface area contributed by atoms with Gasteiger partial charge < -0.3 is 23.7 Å². The Morgan fingerprint density at radius 3 is 2.15 bits per heavy atom. The van der Waals surface area contributed by atoms with Gasteiger partial charge in [-0.25, -0.2) is 0 Å². The number of furan rings is 1. The van der Waals surface area contributed by atoms with Crippen LogP contribution in [0.4, 0.5) is 0 Å². The van der Waals surface area contributed by atoms with E-state index in [9.17, 15) is 0 Å². The minimum Gasteiger partial charge on any atom is -0.493 e. The van der Waals surface area contributed by atoms with Gasteiger partial charge in [-0.15, -0.1) is 0 Å². The molecule has 34 heavy (non-hydrogen) atoms. The summed E-state index contributed by atoms with van der Waals surface area (Å²) in [7, 11) is 1.74. The van der Waals surface area contributed by atoms with Crippen molar-refractivity contribution in [3.63, 3.8) is 0 Å². The highest BCUT2D eigenvalue weighted by molar-refractivity contribution is 6.05. The van der Waals surface area contributed by atoms with Crippen LogP contribution in [0.1, 0.15) is 32.8 Å². The number of carboxylic acid groups (broad SMARTS) is 1. The number of fused-ring (bicyclic) bond motifs is 3. The van der Waals surface area contributed by atoms with Crippen molar-refractivity contribution in [2.45, 2.75) is 39.7 Å². The number of methoxy groups -OCH3 is 1. The molecule has 3 aromatic carbocycles. The molecule has 4 aromatic rings. The van der Waals surface area contributed by atoms with Gasteiger partial charge in [0.25, 0.3) is 6.47 Å². The van der Waals surface area contributed by atoms with Gasteiger partial charge in [0.05, 0.1) is 19.3 Å². The SMILES string of the molecule is CC.COC(C)Cc1ccc(OCCCOc2ccc3oc4ccccc4c3c2)cc1.O=CO. The van der Waals surface area contributed by atoms with Crippen molar-refractivity contribution in [1.82, 2.24) is 0 Å². The van der Waals surface area contributed by atoms with Crippen molar-refractivity contribution < 1.29 is 28.5 Å². The molecular weight excluding hydrogens is 432 g/mol. The fourth-order valence-electron chi connectivity index (χ4n) is 3.37. The van der Waals surface area contributed by atoms with Crippen molar-refractivity contribution in [2.75, 3.05) is 20.3 Å². The van der Waals surface area contributed by atoms with Crippen molar-refractivity contribution in [2.24, 2.45) is 0 Å². The number of hydrogen-bond donors (Lipinski definition) is 1. The van der Waals surface area contributed by atoms with Crippen LogP contribution in [0, 0.1) is 0 Å². The molecule has 182 valence electrons. The Morgan fingerprint density at radius 2 is 1.47 bits per heavy atom. The van der Waals surface area contributed by atoms with Crippen LogP contribution in [0.25, 0.3) is 21.9 Å². The summed E-state index contributed by atoms with van der Waals surface area (Å²) >= 11 is 0. The van der Waals surface area contributed by atoms with E-state index in [1.807, 2.05) is 62.4 Å². The Kier molecular flexibility index (Phi) is 11.5. The number of ether oxygens (including phenoxy) is 3. The van der Waals surface area contributed by atoms with Crippen LogP contribution in [-0.4, -0.2) is 38.0 Å². The predicted octanol–water partition coefficient (Wildman–Crippen LogP) is 6.74. The van der Waals surface area contributed by atoms with Gasteiger partial charge in [-0.05, 0) is 55.3 Å². The second kappa shape index (κ2) is 14.6. The molecule has 0 radical (unpaired) electrons. The first kappa shape index (κ1) is 26.7. The highest BCUT2D eigenvalue weighted by atomic mass is 16.5. The zero-order valence-corrected chi connectivity index (χ0v) is 20.3. The van der Waals surface area contributed by atoms with Crippen LogP contribution < -0.4 is 9.47 Å². The smallest absolute Gasteiger partial charge is 0.290 e. The number of rotatable bonds is 9. The largest absolute Gasteiger partial charge is 0.493 e. The van der Waals surface area contributed by atoms with E-state index in [1.54, 1.807) is 7.11 Å². The van der Waals surface area contributed by atoms with E-state index in [1.165, 1.54) is 5.56 Å². The normalized spacial score (nSPS) is 11.1. The quantitative estimate of drug-likeness (QED) is 0.217. The lowest BCUT2D eigenvalue weighted by Crippen LogP contribution is -2.08. The van der Waals surface area contributed by atoms with Crippen LogP contribution in [-0.2, 0) is 16.0 Å². The Balaban J connectivity index is 0.000000758. The average Bonchev–Trinajstić information content (AvgIpc) is 3.24. The maximum atomic E-state index is 8.36. The maximum absolute atomic E-state index is 8.36. The molecule has 0 aliphatic carbocycles. The third-order valence-corrected chi connectivity index (χ3v) is 5.02. The summed E-state index contributed by atoms with van der Waals surface area (Å²) in [5.74, 6) is 1.73. The summed E-state index contributed by atoms with van der Waals surface area (Å²) in [6, 6.07) is 22.2. The fraction of sp³-hybridized carbons (Fsp3) is 0.321. The third-order valence-electron chi connectivity index (χ3n) is 5.02. The third kappa shape index (κ3) is 7.81. The molecule has 4 rings (SSSR count). The van der Waals surface area contributed by atoms with Crippen LogP contribution >= 0.6 is 0 Å². The van der Waals surface area contributed by atoms with E-state index < -0.39 is 0 Å². The van der Waals surface area contributed by atoms with Crippen LogP contribution in [0.3, 0.4) is 0 Å². The molecule has 0 bridgehead atoms. The zero-order valence-electron chi connectivity index (χ0n) is 20.3. The standard InChI is InChI=1S/C25H26O4.C2H6.CH2O2/c1-18(26-2)16-19-8-10-20(11-9-19)27-14-5-15-28-21-12-13-25-23(17-21)22-6-3-4-7-24(22)29-25;1-2;2-1-3/h3-4,6-13,17-18H,5,14-16H2,1-2H3;1-2H3;1H,(H,2,3). The topological polar surface area (TPSA) is 78.1 Å². The molecule has 1 atom stereocenters. The molecule has 1 unspecified atom stereocenters.